The first kappa shape index (κ1) is 20.5. The largest absolute Gasteiger partial charge is 0.478 e. The van der Waals surface area contributed by atoms with Crippen molar-refractivity contribution in [1.29, 1.82) is 0 Å². The minimum absolute atomic E-state index is 0.105. The van der Waals surface area contributed by atoms with Crippen molar-refractivity contribution in [2.24, 2.45) is 0 Å². The molecule has 4 aromatic rings. The normalized spacial score (nSPS) is 12.2. The maximum Gasteiger partial charge on any atom is 0.335 e. The van der Waals surface area contributed by atoms with Crippen LogP contribution < -0.4 is 0 Å². The van der Waals surface area contributed by atoms with Crippen LogP contribution >= 0.6 is 0 Å². The van der Waals surface area contributed by atoms with Crippen LogP contribution in [0.4, 0.5) is 0 Å². The second-order valence-electron chi connectivity index (χ2n) is 8.19. The van der Waals surface area contributed by atoms with Crippen LogP contribution in [0.25, 0.3) is 10.8 Å². The standard InChI is InChI=1S/C29H21NO3/c31-28(23-12-14-24(15-13-23)29(32)33)30-18-26-11-9-21(17-27(26)19-30)5-3-4-20-8-10-22-6-1-2-7-25(22)16-20/h1-2,6-17H,4,18-19H2,(H,32,33). The number of benzene rings is 4. The van der Waals surface area contributed by atoms with Crippen LogP contribution in [0.2, 0.25) is 0 Å². The maximum absolute atomic E-state index is 12.9. The quantitative estimate of drug-likeness (QED) is 0.449. The molecule has 1 aliphatic heterocycles. The van der Waals surface area contributed by atoms with Crippen LogP contribution in [-0.4, -0.2) is 21.9 Å². The molecule has 0 spiro atoms. The first-order valence-electron chi connectivity index (χ1n) is 10.8. The van der Waals surface area contributed by atoms with E-state index >= 15 is 0 Å². The van der Waals surface area contributed by atoms with Crippen molar-refractivity contribution >= 4 is 22.6 Å². The van der Waals surface area contributed by atoms with Crippen LogP contribution in [0.1, 0.15) is 43.0 Å². The molecule has 0 bridgehead atoms. The van der Waals surface area contributed by atoms with Gasteiger partial charge in [0.25, 0.3) is 5.91 Å². The fourth-order valence-electron chi connectivity index (χ4n) is 4.15. The Morgan fingerprint density at radius 1 is 0.788 bits per heavy atom. The number of nitrogens with zero attached hydrogens (tertiary/aromatic N) is 1. The smallest absolute Gasteiger partial charge is 0.335 e. The van der Waals surface area contributed by atoms with Gasteiger partial charge < -0.3 is 10.0 Å². The summed E-state index contributed by atoms with van der Waals surface area (Å²) in [5.41, 5.74) is 5.00. The number of hydrogen-bond acceptors (Lipinski definition) is 2. The van der Waals surface area contributed by atoms with Gasteiger partial charge in [-0.05, 0) is 63.9 Å². The highest BCUT2D eigenvalue weighted by molar-refractivity contribution is 5.96. The minimum atomic E-state index is -1.00. The third-order valence-electron chi connectivity index (χ3n) is 5.93. The zero-order valence-corrected chi connectivity index (χ0v) is 17.9. The molecule has 0 saturated carbocycles. The van der Waals surface area contributed by atoms with Gasteiger partial charge in [-0.3, -0.25) is 4.79 Å². The Labute approximate surface area is 192 Å². The molecule has 4 aromatic carbocycles. The summed E-state index contributed by atoms with van der Waals surface area (Å²) in [7, 11) is 0. The summed E-state index contributed by atoms with van der Waals surface area (Å²) in [5, 5.41) is 11.5. The Morgan fingerprint density at radius 3 is 2.30 bits per heavy atom. The zero-order valence-electron chi connectivity index (χ0n) is 17.9. The van der Waals surface area contributed by atoms with E-state index < -0.39 is 5.97 Å². The van der Waals surface area contributed by atoms with Crippen LogP contribution in [0.15, 0.2) is 84.9 Å². The van der Waals surface area contributed by atoms with Crippen molar-refractivity contribution in [3.8, 4) is 11.8 Å². The van der Waals surface area contributed by atoms with Gasteiger partial charge in [0.2, 0.25) is 0 Å². The highest BCUT2D eigenvalue weighted by Gasteiger charge is 2.24. The van der Waals surface area contributed by atoms with Gasteiger partial charge in [0.15, 0.2) is 0 Å². The van der Waals surface area contributed by atoms with Gasteiger partial charge >= 0.3 is 5.97 Å². The number of fused-ring (bicyclic) bond motifs is 2. The van der Waals surface area contributed by atoms with Crippen LogP contribution in [0, 0.1) is 11.8 Å². The molecule has 0 aromatic heterocycles. The van der Waals surface area contributed by atoms with E-state index in [-0.39, 0.29) is 11.5 Å². The number of carboxylic acid groups (broad SMARTS) is 1. The molecule has 4 heteroatoms. The first-order chi connectivity index (χ1) is 16.1. The van der Waals surface area contributed by atoms with E-state index in [4.69, 9.17) is 5.11 Å². The fourth-order valence-corrected chi connectivity index (χ4v) is 4.15. The molecule has 33 heavy (non-hydrogen) atoms. The van der Waals surface area contributed by atoms with Gasteiger partial charge in [-0.1, -0.05) is 60.4 Å². The molecule has 0 unspecified atom stereocenters. The Hall–Kier alpha value is -4.36. The fraction of sp³-hybridized carbons (Fsp3) is 0.103. The molecular weight excluding hydrogens is 410 g/mol. The highest BCUT2D eigenvalue weighted by atomic mass is 16.4. The van der Waals surface area contributed by atoms with Gasteiger partial charge in [0.1, 0.15) is 0 Å². The number of carboxylic acids is 1. The molecule has 1 heterocycles. The molecular formula is C29H21NO3. The maximum atomic E-state index is 12.9. The average Bonchev–Trinajstić information content (AvgIpc) is 3.27. The lowest BCUT2D eigenvalue weighted by molar-refractivity contribution is 0.0694. The molecule has 4 nitrogen and oxygen atoms in total. The topological polar surface area (TPSA) is 57.6 Å². The summed E-state index contributed by atoms with van der Waals surface area (Å²) in [5.74, 6) is 5.42. The molecule has 1 aliphatic rings. The third kappa shape index (κ3) is 4.35. The Balaban J connectivity index is 1.27. The van der Waals surface area contributed by atoms with Crippen molar-refractivity contribution in [2.45, 2.75) is 19.5 Å². The van der Waals surface area contributed by atoms with Crippen LogP contribution in [-0.2, 0) is 19.5 Å². The van der Waals surface area contributed by atoms with E-state index in [1.165, 1.54) is 28.5 Å². The van der Waals surface area contributed by atoms with Gasteiger partial charge in [-0.2, -0.15) is 0 Å². The number of amides is 1. The van der Waals surface area contributed by atoms with E-state index in [0.717, 1.165) is 16.7 Å². The third-order valence-corrected chi connectivity index (χ3v) is 5.93. The molecule has 0 radical (unpaired) electrons. The van der Waals surface area contributed by atoms with E-state index in [1.807, 2.05) is 24.3 Å². The second-order valence-corrected chi connectivity index (χ2v) is 8.19. The minimum Gasteiger partial charge on any atom is -0.478 e. The van der Waals surface area contributed by atoms with Gasteiger partial charge in [-0.25, -0.2) is 4.79 Å². The summed E-state index contributed by atoms with van der Waals surface area (Å²) in [6, 6.07) is 26.9. The molecule has 0 fully saturated rings. The first-order valence-corrected chi connectivity index (χ1v) is 10.8. The lowest BCUT2D eigenvalue weighted by Crippen LogP contribution is -2.25. The molecule has 160 valence electrons. The van der Waals surface area contributed by atoms with Crippen molar-refractivity contribution in [3.05, 3.63) is 118 Å². The molecule has 0 atom stereocenters. The Morgan fingerprint density at radius 2 is 1.52 bits per heavy atom. The monoisotopic (exact) mass is 431 g/mol. The highest BCUT2D eigenvalue weighted by Crippen LogP contribution is 2.25. The van der Waals surface area contributed by atoms with Crippen LogP contribution in [0.5, 0.6) is 0 Å². The number of carbonyl (C=O) groups excluding carboxylic acids is 1. The lowest BCUT2D eigenvalue weighted by Gasteiger charge is -2.15. The molecule has 1 N–H and O–H groups in total. The number of aromatic carboxylic acids is 1. The molecule has 5 rings (SSSR count). The summed E-state index contributed by atoms with van der Waals surface area (Å²) in [6.07, 6.45) is 0.679. The predicted octanol–water partition coefficient (Wildman–Crippen LogP) is 5.29. The van der Waals surface area contributed by atoms with E-state index in [2.05, 4.69) is 48.2 Å². The van der Waals surface area contributed by atoms with Crippen molar-refractivity contribution in [2.75, 3.05) is 0 Å². The van der Waals surface area contributed by atoms with Crippen molar-refractivity contribution in [3.63, 3.8) is 0 Å². The van der Waals surface area contributed by atoms with E-state index in [0.29, 0.717) is 25.1 Å². The van der Waals surface area contributed by atoms with E-state index in [1.54, 1.807) is 17.0 Å². The number of rotatable bonds is 3. The summed E-state index contributed by atoms with van der Waals surface area (Å²) >= 11 is 0. The van der Waals surface area contributed by atoms with Gasteiger partial charge in [0.05, 0.1) is 5.56 Å². The van der Waals surface area contributed by atoms with Crippen molar-refractivity contribution in [1.82, 2.24) is 4.90 Å². The van der Waals surface area contributed by atoms with Crippen LogP contribution in [0.3, 0.4) is 0 Å². The van der Waals surface area contributed by atoms with Crippen molar-refractivity contribution < 1.29 is 14.7 Å². The Kier molecular flexibility index (Phi) is 5.38. The van der Waals surface area contributed by atoms with Gasteiger partial charge in [0, 0.05) is 30.6 Å². The summed E-state index contributed by atoms with van der Waals surface area (Å²) in [4.78, 5) is 25.6. The van der Waals surface area contributed by atoms with Gasteiger partial charge in [-0.15, -0.1) is 0 Å². The van der Waals surface area contributed by atoms with E-state index in [9.17, 15) is 9.59 Å². The lowest BCUT2D eigenvalue weighted by atomic mass is 10.0. The number of carbonyl (C=O) groups is 2. The molecule has 0 saturated heterocycles. The zero-order chi connectivity index (χ0) is 22.8. The predicted molar refractivity (Wildman–Crippen MR) is 128 cm³/mol. The number of hydrogen-bond donors (Lipinski definition) is 1. The average molecular weight is 431 g/mol. The summed E-state index contributed by atoms with van der Waals surface area (Å²) < 4.78 is 0. The summed E-state index contributed by atoms with van der Waals surface area (Å²) in [6.45, 7) is 1.06. The SMILES string of the molecule is O=C(O)c1ccc(C(=O)N2Cc3ccc(C#CCc4ccc5ccccc5c4)cc3C2)cc1. The molecule has 0 aliphatic carbocycles. The second kappa shape index (κ2) is 8.64. The Bertz CT molecular complexity index is 1440. The molecule has 1 amide bonds.